The van der Waals surface area contributed by atoms with Crippen LogP contribution in [0.1, 0.15) is 24.2 Å². The van der Waals surface area contributed by atoms with E-state index in [0.29, 0.717) is 0 Å². The van der Waals surface area contributed by atoms with Gasteiger partial charge in [0.2, 0.25) is 0 Å². The van der Waals surface area contributed by atoms with Crippen molar-refractivity contribution in [2.75, 3.05) is 29.9 Å². The Morgan fingerprint density at radius 3 is 2.43 bits per heavy atom. The van der Waals surface area contributed by atoms with Crippen LogP contribution >= 0.6 is 34.8 Å². The van der Waals surface area contributed by atoms with Gasteiger partial charge in [-0.3, -0.25) is 4.79 Å². The molecule has 1 amide bonds. The first-order valence-corrected chi connectivity index (χ1v) is 13.1. The molecule has 0 saturated heterocycles. The summed E-state index contributed by atoms with van der Waals surface area (Å²) in [5.74, 6) is -0.143. The normalized spacial score (nSPS) is 12.6. The molecule has 0 saturated carbocycles. The van der Waals surface area contributed by atoms with E-state index in [-0.39, 0.29) is 61.8 Å². The molecular formula is C23H22Cl3N3O5S. The second-order valence-electron chi connectivity index (χ2n) is 6.79. The van der Waals surface area contributed by atoms with E-state index in [2.05, 4.69) is 10.3 Å². The van der Waals surface area contributed by atoms with Gasteiger partial charge < -0.3 is 14.8 Å². The van der Waals surface area contributed by atoms with E-state index >= 15 is 0 Å². The molecule has 0 radical (unpaired) electrons. The van der Waals surface area contributed by atoms with Gasteiger partial charge in [0.15, 0.2) is 11.6 Å². The lowest BCUT2D eigenvalue weighted by atomic mass is 10.2. The summed E-state index contributed by atoms with van der Waals surface area (Å²) in [6.45, 7) is 4.10. The SMILES string of the molecule is CC.COc1ccc(Cl)cc1S(=O)(=O)N1CCOc2ccc(NC(=O)c3c(Cl)cccc3Cl)nc21. The Labute approximate surface area is 218 Å². The van der Waals surface area contributed by atoms with E-state index in [4.69, 9.17) is 44.3 Å². The Hall–Kier alpha value is -2.72. The average Bonchev–Trinajstić information content (AvgIpc) is 2.84. The Kier molecular flexibility index (Phi) is 8.71. The molecule has 4 rings (SSSR count). The highest BCUT2D eigenvalue weighted by molar-refractivity contribution is 7.93. The van der Waals surface area contributed by atoms with Crippen LogP contribution in [0.5, 0.6) is 11.5 Å². The molecule has 1 aliphatic rings. The monoisotopic (exact) mass is 557 g/mol. The number of anilines is 2. The van der Waals surface area contributed by atoms with Crippen LogP contribution in [0.3, 0.4) is 0 Å². The van der Waals surface area contributed by atoms with Gasteiger partial charge in [0.1, 0.15) is 23.1 Å². The summed E-state index contributed by atoms with van der Waals surface area (Å²) in [4.78, 5) is 16.9. The van der Waals surface area contributed by atoms with E-state index in [1.165, 1.54) is 49.6 Å². The summed E-state index contributed by atoms with van der Waals surface area (Å²) in [5, 5.41) is 3.15. The quantitative estimate of drug-likeness (QED) is 0.418. The topological polar surface area (TPSA) is 97.8 Å². The van der Waals surface area contributed by atoms with Crippen LogP contribution in [0.2, 0.25) is 15.1 Å². The number of carbonyl (C=O) groups excluding carboxylic acids is 1. The number of halogens is 3. The zero-order chi connectivity index (χ0) is 25.8. The van der Waals surface area contributed by atoms with Crippen molar-refractivity contribution < 1.29 is 22.7 Å². The minimum Gasteiger partial charge on any atom is -0.495 e. The van der Waals surface area contributed by atoms with Crippen molar-refractivity contribution in [1.82, 2.24) is 4.98 Å². The maximum Gasteiger partial charge on any atom is 0.269 e. The summed E-state index contributed by atoms with van der Waals surface area (Å²) >= 11 is 18.2. The molecule has 2 aromatic carbocycles. The smallest absolute Gasteiger partial charge is 0.269 e. The maximum absolute atomic E-state index is 13.5. The van der Waals surface area contributed by atoms with Crippen LogP contribution in [0, 0.1) is 0 Å². The van der Waals surface area contributed by atoms with Crippen LogP contribution in [0.4, 0.5) is 11.6 Å². The number of sulfonamides is 1. The Morgan fingerprint density at radius 1 is 1.09 bits per heavy atom. The van der Waals surface area contributed by atoms with Crippen LogP contribution in [-0.4, -0.2) is 39.6 Å². The molecule has 1 aliphatic heterocycles. The van der Waals surface area contributed by atoms with Crippen molar-refractivity contribution in [3.05, 3.63) is 69.2 Å². The molecule has 0 atom stereocenters. The fraction of sp³-hybridized carbons (Fsp3) is 0.217. The Balaban J connectivity index is 0.00000167. The number of pyridine rings is 1. The number of hydrogen-bond acceptors (Lipinski definition) is 6. The van der Waals surface area contributed by atoms with Gasteiger partial charge >= 0.3 is 0 Å². The first kappa shape index (κ1) is 26.9. The number of rotatable bonds is 5. The zero-order valence-electron chi connectivity index (χ0n) is 19.0. The largest absolute Gasteiger partial charge is 0.495 e. The molecule has 0 aliphatic carbocycles. The molecule has 12 heteroatoms. The molecule has 2 heterocycles. The van der Waals surface area contributed by atoms with E-state index in [1.54, 1.807) is 6.07 Å². The van der Waals surface area contributed by atoms with Gasteiger partial charge in [0.25, 0.3) is 15.9 Å². The average molecular weight is 559 g/mol. The van der Waals surface area contributed by atoms with Gasteiger partial charge in [-0.05, 0) is 42.5 Å². The summed E-state index contributed by atoms with van der Waals surface area (Å²) in [7, 11) is -2.76. The number of nitrogens with zero attached hydrogens (tertiary/aromatic N) is 2. The highest BCUT2D eigenvalue weighted by Gasteiger charge is 2.34. The summed E-state index contributed by atoms with van der Waals surface area (Å²) < 4.78 is 38.9. The number of fused-ring (bicyclic) bond motifs is 1. The molecule has 0 spiro atoms. The summed E-state index contributed by atoms with van der Waals surface area (Å²) in [6.07, 6.45) is 0. The lowest BCUT2D eigenvalue weighted by Gasteiger charge is -2.30. The second-order valence-corrected chi connectivity index (χ2v) is 9.87. The van der Waals surface area contributed by atoms with Crippen molar-refractivity contribution >= 4 is 62.4 Å². The second kappa shape index (κ2) is 11.3. The molecular weight excluding hydrogens is 537 g/mol. The number of nitrogens with one attached hydrogen (secondary N) is 1. The number of aromatic nitrogens is 1. The van der Waals surface area contributed by atoms with Crippen LogP contribution < -0.4 is 19.1 Å². The number of carbonyl (C=O) groups is 1. The van der Waals surface area contributed by atoms with E-state index in [9.17, 15) is 13.2 Å². The number of amides is 1. The molecule has 1 aromatic heterocycles. The van der Waals surface area contributed by atoms with E-state index < -0.39 is 15.9 Å². The molecule has 0 fully saturated rings. The van der Waals surface area contributed by atoms with Crippen molar-refractivity contribution in [3.8, 4) is 11.5 Å². The van der Waals surface area contributed by atoms with Crippen molar-refractivity contribution in [2.24, 2.45) is 0 Å². The molecule has 35 heavy (non-hydrogen) atoms. The third-order valence-electron chi connectivity index (χ3n) is 4.75. The van der Waals surface area contributed by atoms with Gasteiger partial charge in [-0.15, -0.1) is 0 Å². The first-order valence-electron chi connectivity index (χ1n) is 10.5. The predicted octanol–water partition coefficient (Wildman–Crippen LogP) is 5.92. The fourth-order valence-corrected chi connectivity index (χ4v) is 5.64. The molecule has 0 unspecified atom stereocenters. The van der Waals surface area contributed by atoms with Gasteiger partial charge in [-0.25, -0.2) is 17.7 Å². The molecule has 0 bridgehead atoms. The number of hydrogen-bond donors (Lipinski definition) is 1. The molecule has 1 N–H and O–H groups in total. The van der Waals surface area contributed by atoms with Crippen LogP contribution in [0.25, 0.3) is 0 Å². The minimum absolute atomic E-state index is 0.00586. The molecule has 8 nitrogen and oxygen atoms in total. The van der Waals surface area contributed by atoms with E-state index in [1.807, 2.05) is 13.8 Å². The lowest BCUT2D eigenvalue weighted by Crippen LogP contribution is -2.39. The van der Waals surface area contributed by atoms with E-state index in [0.717, 1.165) is 4.31 Å². The number of methoxy groups -OCH3 is 1. The third kappa shape index (κ3) is 5.59. The van der Waals surface area contributed by atoms with Gasteiger partial charge in [-0.2, -0.15) is 0 Å². The molecule has 186 valence electrons. The number of ether oxygens (including phenoxy) is 2. The lowest BCUT2D eigenvalue weighted by molar-refractivity contribution is 0.102. The Morgan fingerprint density at radius 2 is 1.77 bits per heavy atom. The Bertz CT molecular complexity index is 1330. The predicted molar refractivity (Wildman–Crippen MR) is 138 cm³/mol. The van der Waals surface area contributed by atoms with Crippen molar-refractivity contribution in [1.29, 1.82) is 0 Å². The van der Waals surface area contributed by atoms with Gasteiger partial charge in [-0.1, -0.05) is 54.7 Å². The molecule has 3 aromatic rings. The standard InChI is InChI=1S/C21H16Cl3N3O5S.C2H6/c1-31-15-6-5-12(22)11-17(15)33(29,30)27-9-10-32-16-7-8-18(25-20(16)27)26-21(28)19-13(23)3-2-4-14(19)24;1-2/h2-8,11H,9-10H2,1H3,(H,25,26,28);1-2H3. The minimum atomic E-state index is -4.13. The van der Waals surface area contributed by atoms with Crippen LogP contribution in [0.15, 0.2) is 53.4 Å². The fourth-order valence-electron chi connectivity index (χ4n) is 3.24. The highest BCUT2D eigenvalue weighted by Crippen LogP contribution is 2.38. The van der Waals surface area contributed by atoms with Crippen LogP contribution in [-0.2, 0) is 10.0 Å². The third-order valence-corrected chi connectivity index (χ3v) is 7.43. The van der Waals surface area contributed by atoms with Crippen molar-refractivity contribution in [3.63, 3.8) is 0 Å². The summed E-state index contributed by atoms with van der Waals surface area (Å²) in [6, 6.07) is 12.0. The highest BCUT2D eigenvalue weighted by atomic mass is 35.5. The van der Waals surface area contributed by atoms with Gasteiger partial charge in [0, 0.05) is 5.02 Å². The number of benzene rings is 2. The van der Waals surface area contributed by atoms with Crippen molar-refractivity contribution in [2.45, 2.75) is 18.7 Å². The first-order chi connectivity index (χ1) is 16.7. The van der Waals surface area contributed by atoms with Gasteiger partial charge in [0.05, 0.1) is 29.3 Å². The maximum atomic E-state index is 13.5. The zero-order valence-corrected chi connectivity index (χ0v) is 22.1. The summed E-state index contributed by atoms with van der Waals surface area (Å²) in [5.41, 5.74) is 0.0738.